The maximum Gasteiger partial charge on any atom is 0.139 e. The lowest BCUT2D eigenvalue weighted by Gasteiger charge is -2.20. The van der Waals surface area contributed by atoms with Gasteiger partial charge in [-0.1, -0.05) is 6.07 Å². The summed E-state index contributed by atoms with van der Waals surface area (Å²) in [6.45, 7) is 4.39. The minimum atomic E-state index is -0.0337. The van der Waals surface area contributed by atoms with Crippen molar-refractivity contribution in [2.75, 3.05) is 13.7 Å². The van der Waals surface area contributed by atoms with Gasteiger partial charge in [0.15, 0.2) is 0 Å². The van der Waals surface area contributed by atoms with Crippen molar-refractivity contribution in [2.24, 2.45) is 0 Å². The van der Waals surface area contributed by atoms with E-state index in [4.69, 9.17) is 9.47 Å². The first kappa shape index (κ1) is 16.5. The van der Waals surface area contributed by atoms with Gasteiger partial charge in [0.25, 0.3) is 0 Å². The zero-order valence-corrected chi connectivity index (χ0v) is 14.0. The van der Waals surface area contributed by atoms with E-state index in [1.807, 2.05) is 30.6 Å². The van der Waals surface area contributed by atoms with Crippen LogP contribution in [0, 0.1) is 11.3 Å². The summed E-state index contributed by atoms with van der Waals surface area (Å²) in [5.41, 5.74) is 1.61. The highest BCUT2D eigenvalue weighted by Gasteiger charge is 2.32. The molecular formula is C18H22N4O2. The topological polar surface area (TPSA) is 72.1 Å². The Morgan fingerprint density at radius 2 is 2.38 bits per heavy atom. The Hall–Kier alpha value is -2.36. The maximum atomic E-state index is 9.20. The second kappa shape index (κ2) is 7.47. The number of ether oxygens (including phenoxy) is 2. The average molecular weight is 326 g/mol. The molecule has 0 spiro atoms. The standard InChI is InChI=1S/C18H22N4O2/c1-3-22-8-7-20-18(22)17-15(6-9-24-17)21-12-13-4-5-16(23-2)14(10-13)11-19/h4-5,7-8,10,15,17,21H,3,6,9,12H2,1-2H3/t15-,17-/m0/s1. The van der Waals surface area contributed by atoms with Crippen molar-refractivity contribution >= 4 is 0 Å². The number of nitrogens with zero attached hydrogens (tertiary/aromatic N) is 3. The van der Waals surface area contributed by atoms with Gasteiger partial charge in [-0.15, -0.1) is 0 Å². The van der Waals surface area contributed by atoms with Gasteiger partial charge in [-0.3, -0.25) is 0 Å². The Bertz CT molecular complexity index is 735. The normalized spacial score (nSPS) is 20.0. The summed E-state index contributed by atoms with van der Waals surface area (Å²) in [4.78, 5) is 4.46. The van der Waals surface area contributed by atoms with E-state index >= 15 is 0 Å². The second-order valence-corrected chi connectivity index (χ2v) is 5.79. The summed E-state index contributed by atoms with van der Waals surface area (Å²) in [5.74, 6) is 1.58. The van der Waals surface area contributed by atoms with Crippen molar-refractivity contribution in [3.05, 3.63) is 47.5 Å². The Morgan fingerprint density at radius 3 is 3.12 bits per heavy atom. The molecule has 6 heteroatoms. The van der Waals surface area contributed by atoms with E-state index in [0.717, 1.165) is 31.0 Å². The van der Waals surface area contributed by atoms with E-state index in [9.17, 15) is 5.26 Å². The third-order valence-electron chi connectivity index (χ3n) is 4.39. The van der Waals surface area contributed by atoms with Gasteiger partial charge in [0, 0.05) is 38.1 Å². The van der Waals surface area contributed by atoms with Crippen molar-refractivity contribution in [2.45, 2.75) is 38.6 Å². The first-order valence-corrected chi connectivity index (χ1v) is 8.19. The van der Waals surface area contributed by atoms with Gasteiger partial charge in [-0.2, -0.15) is 5.26 Å². The lowest BCUT2D eigenvalue weighted by molar-refractivity contribution is 0.0886. The molecule has 0 saturated carbocycles. The van der Waals surface area contributed by atoms with Crippen LogP contribution >= 0.6 is 0 Å². The summed E-state index contributed by atoms with van der Waals surface area (Å²) < 4.78 is 13.2. The number of methoxy groups -OCH3 is 1. The first-order valence-electron chi connectivity index (χ1n) is 8.19. The molecule has 2 heterocycles. The van der Waals surface area contributed by atoms with Crippen molar-refractivity contribution < 1.29 is 9.47 Å². The zero-order valence-electron chi connectivity index (χ0n) is 14.0. The van der Waals surface area contributed by atoms with Gasteiger partial charge in [-0.25, -0.2) is 4.98 Å². The molecule has 1 fully saturated rings. The predicted octanol–water partition coefficient (Wildman–Crippen LogP) is 2.40. The fraction of sp³-hybridized carbons (Fsp3) is 0.444. The molecule has 0 amide bonds. The molecule has 6 nitrogen and oxygen atoms in total. The number of aryl methyl sites for hydroxylation is 1. The zero-order chi connectivity index (χ0) is 16.9. The average Bonchev–Trinajstić information content (AvgIpc) is 3.27. The van der Waals surface area contributed by atoms with Crippen LogP contribution in [0.25, 0.3) is 0 Å². The quantitative estimate of drug-likeness (QED) is 0.882. The summed E-state index contributed by atoms with van der Waals surface area (Å²) in [5, 5.41) is 12.7. The Kier molecular flexibility index (Phi) is 5.14. The van der Waals surface area contributed by atoms with E-state index < -0.39 is 0 Å². The summed E-state index contributed by atoms with van der Waals surface area (Å²) in [6, 6.07) is 8.06. The highest BCUT2D eigenvalue weighted by molar-refractivity contribution is 5.45. The van der Waals surface area contributed by atoms with Crippen molar-refractivity contribution in [1.29, 1.82) is 5.26 Å². The van der Waals surface area contributed by atoms with E-state index in [0.29, 0.717) is 17.9 Å². The van der Waals surface area contributed by atoms with E-state index in [-0.39, 0.29) is 12.1 Å². The van der Waals surface area contributed by atoms with Gasteiger partial charge < -0.3 is 19.4 Å². The molecule has 1 saturated heterocycles. The number of aromatic nitrogens is 2. The lowest BCUT2D eigenvalue weighted by Crippen LogP contribution is -2.32. The van der Waals surface area contributed by atoms with Crippen LogP contribution in [0.5, 0.6) is 5.75 Å². The van der Waals surface area contributed by atoms with E-state index in [1.54, 1.807) is 7.11 Å². The minimum Gasteiger partial charge on any atom is -0.495 e. The van der Waals surface area contributed by atoms with Gasteiger partial charge in [-0.05, 0) is 31.0 Å². The van der Waals surface area contributed by atoms with Crippen LogP contribution < -0.4 is 10.1 Å². The first-order chi connectivity index (χ1) is 11.8. The smallest absolute Gasteiger partial charge is 0.139 e. The van der Waals surface area contributed by atoms with Gasteiger partial charge >= 0.3 is 0 Å². The molecule has 0 radical (unpaired) electrons. The van der Waals surface area contributed by atoms with Crippen LogP contribution in [0.4, 0.5) is 0 Å². The maximum absolute atomic E-state index is 9.20. The van der Waals surface area contributed by atoms with Gasteiger partial charge in [0.2, 0.25) is 0 Å². The number of rotatable bonds is 6. The summed E-state index contributed by atoms with van der Waals surface area (Å²) in [7, 11) is 1.57. The predicted molar refractivity (Wildman–Crippen MR) is 89.5 cm³/mol. The van der Waals surface area contributed by atoms with Gasteiger partial charge in [0.05, 0.1) is 12.7 Å². The van der Waals surface area contributed by atoms with Crippen LogP contribution in [-0.4, -0.2) is 29.3 Å². The molecule has 0 aliphatic carbocycles. The third kappa shape index (κ3) is 3.28. The minimum absolute atomic E-state index is 0.0337. The molecule has 1 aliphatic heterocycles. The SMILES string of the molecule is CCn1ccnc1[C@H]1OCC[C@@H]1NCc1ccc(OC)c(C#N)c1. The molecule has 24 heavy (non-hydrogen) atoms. The number of imidazole rings is 1. The number of benzene rings is 1. The summed E-state index contributed by atoms with van der Waals surface area (Å²) in [6.07, 6.45) is 4.72. The lowest BCUT2D eigenvalue weighted by atomic mass is 10.1. The molecule has 2 atom stereocenters. The Labute approximate surface area is 142 Å². The van der Waals surface area contributed by atoms with Crippen LogP contribution in [0.1, 0.15) is 36.4 Å². The molecular weight excluding hydrogens is 304 g/mol. The second-order valence-electron chi connectivity index (χ2n) is 5.79. The molecule has 1 N–H and O–H groups in total. The third-order valence-corrected chi connectivity index (χ3v) is 4.39. The number of nitrogens with one attached hydrogen (secondary N) is 1. The molecule has 0 unspecified atom stereocenters. The van der Waals surface area contributed by atoms with Crippen molar-refractivity contribution in [1.82, 2.24) is 14.9 Å². The highest BCUT2D eigenvalue weighted by atomic mass is 16.5. The molecule has 126 valence electrons. The number of nitriles is 1. The molecule has 0 bridgehead atoms. The summed E-state index contributed by atoms with van der Waals surface area (Å²) >= 11 is 0. The molecule has 2 aromatic rings. The highest BCUT2D eigenvalue weighted by Crippen LogP contribution is 2.28. The number of hydrogen-bond acceptors (Lipinski definition) is 5. The van der Waals surface area contributed by atoms with E-state index in [2.05, 4.69) is 27.9 Å². The van der Waals surface area contributed by atoms with Crippen molar-refractivity contribution in [3.63, 3.8) is 0 Å². The molecule has 3 rings (SSSR count). The monoisotopic (exact) mass is 326 g/mol. The Balaban J connectivity index is 1.69. The van der Waals surface area contributed by atoms with Crippen LogP contribution in [0.2, 0.25) is 0 Å². The van der Waals surface area contributed by atoms with E-state index in [1.165, 1.54) is 0 Å². The Morgan fingerprint density at radius 1 is 1.50 bits per heavy atom. The number of hydrogen-bond donors (Lipinski definition) is 1. The van der Waals surface area contributed by atoms with Crippen molar-refractivity contribution in [3.8, 4) is 11.8 Å². The van der Waals surface area contributed by atoms with Gasteiger partial charge in [0.1, 0.15) is 23.7 Å². The fourth-order valence-corrected chi connectivity index (χ4v) is 3.10. The fourth-order valence-electron chi connectivity index (χ4n) is 3.10. The van der Waals surface area contributed by atoms with Crippen LogP contribution in [-0.2, 0) is 17.8 Å². The molecule has 1 aliphatic rings. The van der Waals surface area contributed by atoms with Crippen LogP contribution in [0.3, 0.4) is 0 Å². The largest absolute Gasteiger partial charge is 0.495 e. The molecule has 1 aromatic carbocycles. The van der Waals surface area contributed by atoms with Crippen LogP contribution in [0.15, 0.2) is 30.6 Å². The molecule has 1 aromatic heterocycles.